The van der Waals surface area contributed by atoms with Gasteiger partial charge in [-0.25, -0.2) is 0 Å². The van der Waals surface area contributed by atoms with Gasteiger partial charge in [-0.3, -0.25) is 4.79 Å². The number of rotatable bonds is 2. The van der Waals surface area contributed by atoms with Crippen LogP contribution >= 0.6 is 11.6 Å². The van der Waals surface area contributed by atoms with Gasteiger partial charge in [0.2, 0.25) is 5.91 Å². The molecule has 0 aliphatic carbocycles. The van der Waals surface area contributed by atoms with Crippen molar-refractivity contribution in [2.45, 2.75) is 19.4 Å². The van der Waals surface area contributed by atoms with Gasteiger partial charge in [-0.15, -0.1) is 0 Å². The van der Waals surface area contributed by atoms with E-state index in [1.807, 2.05) is 47.4 Å². The van der Waals surface area contributed by atoms with Gasteiger partial charge in [0.1, 0.15) is 0 Å². The predicted molar refractivity (Wildman–Crippen MR) is 81.8 cm³/mol. The van der Waals surface area contributed by atoms with Crippen LogP contribution in [-0.2, 0) is 17.8 Å². The van der Waals surface area contributed by atoms with E-state index in [0.717, 1.165) is 28.9 Å². The van der Waals surface area contributed by atoms with Gasteiger partial charge >= 0.3 is 0 Å². The van der Waals surface area contributed by atoms with Crippen LogP contribution in [0.25, 0.3) is 0 Å². The summed E-state index contributed by atoms with van der Waals surface area (Å²) in [7, 11) is 0. The lowest BCUT2D eigenvalue weighted by molar-refractivity contribution is -0.119. The predicted octanol–water partition coefficient (Wildman–Crippen LogP) is 3.40. The van der Waals surface area contributed by atoms with E-state index in [0.29, 0.717) is 18.0 Å². The molecule has 20 heavy (non-hydrogen) atoms. The van der Waals surface area contributed by atoms with Crippen LogP contribution in [0, 0.1) is 0 Å². The molecule has 0 bridgehead atoms. The molecule has 0 aromatic heterocycles. The van der Waals surface area contributed by atoms with Gasteiger partial charge < -0.3 is 10.6 Å². The molecule has 1 amide bonds. The Morgan fingerprint density at radius 3 is 2.80 bits per heavy atom. The normalized spacial score (nSPS) is 14.2. The molecule has 0 radical (unpaired) electrons. The van der Waals surface area contributed by atoms with Crippen LogP contribution < -0.4 is 10.6 Å². The number of nitrogens with two attached hydrogens (primary N) is 1. The lowest BCUT2D eigenvalue weighted by Crippen LogP contribution is -2.34. The first-order valence-corrected chi connectivity index (χ1v) is 6.94. The van der Waals surface area contributed by atoms with Crippen molar-refractivity contribution in [1.29, 1.82) is 0 Å². The maximum atomic E-state index is 12.2. The van der Waals surface area contributed by atoms with Gasteiger partial charge in [-0.05, 0) is 47.9 Å². The first-order valence-electron chi connectivity index (χ1n) is 6.57. The number of benzene rings is 2. The molecule has 2 aromatic rings. The Hall–Kier alpha value is -2.00. The summed E-state index contributed by atoms with van der Waals surface area (Å²) < 4.78 is 0. The van der Waals surface area contributed by atoms with Crippen LogP contribution in [0.1, 0.15) is 17.5 Å². The van der Waals surface area contributed by atoms with Gasteiger partial charge in [-0.2, -0.15) is 0 Å². The Kier molecular flexibility index (Phi) is 3.36. The first-order chi connectivity index (χ1) is 9.63. The number of carbonyl (C=O) groups is 1. The summed E-state index contributed by atoms with van der Waals surface area (Å²) in [6.45, 7) is 0.538. The minimum absolute atomic E-state index is 0.141. The van der Waals surface area contributed by atoms with Crippen molar-refractivity contribution in [3.8, 4) is 0 Å². The second-order valence-electron chi connectivity index (χ2n) is 5.00. The van der Waals surface area contributed by atoms with E-state index in [-0.39, 0.29) is 5.91 Å². The van der Waals surface area contributed by atoms with Crippen molar-refractivity contribution in [2.24, 2.45) is 0 Å². The number of anilines is 2. The van der Waals surface area contributed by atoms with Crippen molar-refractivity contribution >= 4 is 28.9 Å². The molecule has 3 nitrogen and oxygen atoms in total. The fourth-order valence-corrected chi connectivity index (χ4v) is 2.78. The summed E-state index contributed by atoms with van der Waals surface area (Å²) >= 11 is 6.00. The van der Waals surface area contributed by atoms with Crippen molar-refractivity contribution in [2.75, 3.05) is 10.6 Å². The van der Waals surface area contributed by atoms with Crippen LogP contribution in [-0.4, -0.2) is 5.91 Å². The summed E-state index contributed by atoms with van der Waals surface area (Å²) in [5.41, 5.74) is 9.66. The molecular weight excluding hydrogens is 272 g/mol. The lowest BCUT2D eigenvalue weighted by Gasteiger charge is -2.29. The van der Waals surface area contributed by atoms with E-state index >= 15 is 0 Å². The van der Waals surface area contributed by atoms with E-state index < -0.39 is 0 Å². The Morgan fingerprint density at radius 2 is 2.00 bits per heavy atom. The molecule has 1 aliphatic heterocycles. The SMILES string of the molecule is Nc1ccc2c(c1)CCC(=O)N2Cc1cccc(Cl)c1. The molecule has 1 heterocycles. The third kappa shape index (κ3) is 2.49. The zero-order valence-corrected chi connectivity index (χ0v) is 11.7. The quantitative estimate of drug-likeness (QED) is 0.860. The summed E-state index contributed by atoms with van der Waals surface area (Å²) in [5.74, 6) is 0.141. The number of hydrogen-bond acceptors (Lipinski definition) is 2. The van der Waals surface area contributed by atoms with Crippen molar-refractivity contribution in [3.63, 3.8) is 0 Å². The number of amides is 1. The molecule has 3 rings (SSSR count). The molecule has 2 N–H and O–H groups in total. The zero-order chi connectivity index (χ0) is 14.1. The Balaban J connectivity index is 1.95. The summed E-state index contributed by atoms with van der Waals surface area (Å²) in [6.07, 6.45) is 1.28. The second kappa shape index (κ2) is 5.17. The molecule has 0 fully saturated rings. The number of nitrogens with zero attached hydrogens (tertiary/aromatic N) is 1. The zero-order valence-electron chi connectivity index (χ0n) is 11.0. The second-order valence-corrected chi connectivity index (χ2v) is 5.43. The minimum atomic E-state index is 0.141. The van der Waals surface area contributed by atoms with Crippen LogP contribution in [0.2, 0.25) is 5.02 Å². The molecule has 1 aliphatic rings. The van der Waals surface area contributed by atoms with E-state index in [2.05, 4.69) is 0 Å². The topological polar surface area (TPSA) is 46.3 Å². The number of hydrogen-bond donors (Lipinski definition) is 1. The number of nitrogen functional groups attached to an aromatic ring is 1. The molecule has 102 valence electrons. The third-order valence-corrected chi connectivity index (χ3v) is 3.77. The summed E-state index contributed by atoms with van der Waals surface area (Å²) in [4.78, 5) is 14.0. The Morgan fingerprint density at radius 1 is 1.15 bits per heavy atom. The van der Waals surface area contributed by atoms with Gasteiger partial charge in [-0.1, -0.05) is 23.7 Å². The van der Waals surface area contributed by atoms with E-state index in [1.165, 1.54) is 0 Å². The van der Waals surface area contributed by atoms with Gasteiger partial charge in [0.25, 0.3) is 0 Å². The van der Waals surface area contributed by atoms with Crippen molar-refractivity contribution in [1.82, 2.24) is 0 Å². The van der Waals surface area contributed by atoms with Crippen LogP contribution in [0.15, 0.2) is 42.5 Å². The monoisotopic (exact) mass is 286 g/mol. The highest BCUT2D eigenvalue weighted by atomic mass is 35.5. The van der Waals surface area contributed by atoms with Crippen LogP contribution in [0.3, 0.4) is 0 Å². The molecular formula is C16H15ClN2O. The molecule has 0 atom stereocenters. The summed E-state index contributed by atoms with van der Waals surface area (Å²) in [6, 6.07) is 13.3. The van der Waals surface area contributed by atoms with Crippen LogP contribution in [0.4, 0.5) is 11.4 Å². The molecule has 0 unspecified atom stereocenters. The first kappa shape index (κ1) is 13.0. The van der Waals surface area contributed by atoms with E-state index in [9.17, 15) is 4.79 Å². The van der Waals surface area contributed by atoms with Crippen LogP contribution in [0.5, 0.6) is 0 Å². The maximum Gasteiger partial charge on any atom is 0.227 e. The number of carbonyl (C=O) groups excluding carboxylic acids is 1. The van der Waals surface area contributed by atoms with Crippen molar-refractivity contribution < 1.29 is 4.79 Å². The maximum absolute atomic E-state index is 12.2. The molecule has 2 aromatic carbocycles. The van der Waals surface area contributed by atoms with Gasteiger partial charge in [0.05, 0.1) is 6.54 Å². The third-order valence-electron chi connectivity index (χ3n) is 3.53. The Labute approximate surface area is 123 Å². The smallest absolute Gasteiger partial charge is 0.227 e. The highest BCUT2D eigenvalue weighted by Crippen LogP contribution is 2.31. The fourth-order valence-electron chi connectivity index (χ4n) is 2.57. The fraction of sp³-hybridized carbons (Fsp3) is 0.188. The van der Waals surface area contributed by atoms with Gasteiger partial charge in [0, 0.05) is 22.8 Å². The molecule has 0 saturated carbocycles. The molecule has 4 heteroatoms. The molecule has 0 saturated heterocycles. The number of fused-ring (bicyclic) bond motifs is 1. The van der Waals surface area contributed by atoms with E-state index in [1.54, 1.807) is 0 Å². The van der Waals surface area contributed by atoms with E-state index in [4.69, 9.17) is 17.3 Å². The molecule has 0 spiro atoms. The lowest BCUT2D eigenvalue weighted by atomic mass is 10.00. The largest absolute Gasteiger partial charge is 0.399 e. The average Bonchev–Trinajstić information content (AvgIpc) is 2.42. The van der Waals surface area contributed by atoms with Crippen molar-refractivity contribution in [3.05, 3.63) is 58.6 Å². The standard InChI is InChI=1S/C16H15ClN2O/c17-13-3-1-2-11(8-13)10-19-15-6-5-14(18)9-12(15)4-7-16(19)20/h1-3,5-6,8-9H,4,7,10,18H2. The highest BCUT2D eigenvalue weighted by molar-refractivity contribution is 6.30. The highest BCUT2D eigenvalue weighted by Gasteiger charge is 2.24. The Bertz CT molecular complexity index is 669. The van der Waals surface area contributed by atoms with Gasteiger partial charge in [0.15, 0.2) is 0 Å². The number of aryl methyl sites for hydroxylation is 1. The number of halogens is 1. The average molecular weight is 287 g/mol. The minimum Gasteiger partial charge on any atom is -0.399 e. The summed E-state index contributed by atoms with van der Waals surface area (Å²) in [5, 5.41) is 0.685.